The fraction of sp³-hybridized carbons (Fsp3) is 0.500. The van der Waals surface area contributed by atoms with Gasteiger partial charge < -0.3 is 15.2 Å². The maximum atomic E-state index is 11.1. The predicted octanol–water partition coefficient (Wildman–Crippen LogP) is 2.83. The van der Waals surface area contributed by atoms with Crippen LogP contribution in [0.25, 0.3) is 0 Å². The molecular formula is C12H19ClN2O4. The Labute approximate surface area is 118 Å². The standard InChI is InChI=1S/C12H18N2O4.ClH/c1-4-5-9(13)8-6-11(17-2)12(18-3)7-10(8)14(15)16;/h6-7,9H,4-5,13H2,1-3H3;1H/t9-;/m1./s1. The Balaban J connectivity index is 0.00000324. The van der Waals surface area contributed by atoms with E-state index >= 15 is 0 Å². The molecule has 0 bridgehead atoms. The number of rotatable bonds is 6. The van der Waals surface area contributed by atoms with E-state index in [0.717, 1.165) is 6.42 Å². The van der Waals surface area contributed by atoms with Crippen molar-refractivity contribution in [1.82, 2.24) is 0 Å². The highest BCUT2D eigenvalue weighted by Gasteiger charge is 2.23. The van der Waals surface area contributed by atoms with E-state index < -0.39 is 4.92 Å². The van der Waals surface area contributed by atoms with Gasteiger partial charge in [-0.05, 0) is 12.5 Å². The van der Waals surface area contributed by atoms with Crippen LogP contribution < -0.4 is 15.2 Å². The van der Waals surface area contributed by atoms with Gasteiger partial charge in [0, 0.05) is 6.04 Å². The monoisotopic (exact) mass is 290 g/mol. The highest BCUT2D eigenvalue weighted by Crippen LogP contribution is 2.37. The molecule has 1 aromatic rings. The van der Waals surface area contributed by atoms with Crippen molar-refractivity contribution in [3.63, 3.8) is 0 Å². The van der Waals surface area contributed by atoms with Gasteiger partial charge in [0.15, 0.2) is 11.5 Å². The number of halogens is 1. The highest BCUT2D eigenvalue weighted by atomic mass is 35.5. The van der Waals surface area contributed by atoms with E-state index in [1.807, 2.05) is 6.92 Å². The minimum absolute atomic E-state index is 0. The zero-order chi connectivity index (χ0) is 13.7. The summed E-state index contributed by atoms with van der Waals surface area (Å²) >= 11 is 0. The quantitative estimate of drug-likeness (QED) is 0.643. The van der Waals surface area contributed by atoms with Crippen LogP contribution in [0.15, 0.2) is 12.1 Å². The van der Waals surface area contributed by atoms with Gasteiger partial charge in [0.1, 0.15) is 0 Å². The zero-order valence-corrected chi connectivity index (χ0v) is 12.0. The van der Waals surface area contributed by atoms with Crippen molar-refractivity contribution in [3.8, 4) is 11.5 Å². The summed E-state index contributed by atoms with van der Waals surface area (Å²) in [6.45, 7) is 1.98. The van der Waals surface area contributed by atoms with E-state index in [9.17, 15) is 10.1 Å². The van der Waals surface area contributed by atoms with E-state index in [4.69, 9.17) is 15.2 Å². The third kappa shape index (κ3) is 3.97. The normalized spacial score (nSPS) is 11.4. The first kappa shape index (κ1) is 17.5. The molecule has 0 fully saturated rings. The molecule has 0 saturated heterocycles. The van der Waals surface area contributed by atoms with Gasteiger partial charge in [0.25, 0.3) is 5.69 Å². The van der Waals surface area contributed by atoms with Gasteiger partial charge in [0.2, 0.25) is 0 Å². The molecular weight excluding hydrogens is 272 g/mol. The molecule has 0 aliphatic carbocycles. The van der Waals surface area contributed by atoms with Crippen molar-refractivity contribution in [2.24, 2.45) is 5.73 Å². The van der Waals surface area contributed by atoms with E-state index in [0.29, 0.717) is 23.5 Å². The van der Waals surface area contributed by atoms with Crippen LogP contribution in [0.2, 0.25) is 0 Å². The topological polar surface area (TPSA) is 87.6 Å². The molecule has 6 nitrogen and oxygen atoms in total. The number of nitrogens with zero attached hydrogens (tertiary/aromatic N) is 1. The molecule has 7 heteroatoms. The van der Waals surface area contributed by atoms with Crippen molar-refractivity contribution in [1.29, 1.82) is 0 Å². The Morgan fingerprint density at radius 3 is 2.26 bits per heavy atom. The summed E-state index contributed by atoms with van der Waals surface area (Å²) in [4.78, 5) is 10.6. The van der Waals surface area contributed by atoms with Gasteiger partial charge >= 0.3 is 0 Å². The summed E-state index contributed by atoms with van der Waals surface area (Å²) in [5.74, 6) is 0.779. The molecule has 0 heterocycles. The first-order valence-corrected chi connectivity index (χ1v) is 5.71. The molecule has 0 amide bonds. The Bertz CT molecular complexity index is 440. The molecule has 0 spiro atoms. The number of nitro groups is 1. The van der Waals surface area contributed by atoms with Gasteiger partial charge in [-0.2, -0.15) is 0 Å². The van der Waals surface area contributed by atoms with Crippen LogP contribution in [0.4, 0.5) is 5.69 Å². The summed E-state index contributed by atoms with van der Waals surface area (Å²) in [5, 5.41) is 11.1. The Morgan fingerprint density at radius 1 is 1.32 bits per heavy atom. The Hall–Kier alpha value is -1.53. The first-order valence-electron chi connectivity index (χ1n) is 5.71. The molecule has 19 heavy (non-hydrogen) atoms. The molecule has 0 aromatic heterocycles. The van der Waals surface area contributed by atoms with Gasteiger partial charge in [-0.3, -0.25) is 10.1 Å². The third-order valence-electron chi connectivity index (χ3n) is 2.73. The lowest BCUT2D eigenvalue weighted by atomic mass is 10.0. The van der Waals surface area contributed by atoms with Gasteiger partial charge in [-0.15, -0.1) is 12.4 Å². The van der Waals surface area contributed by atoms with Crippen molar-refractivity contribution in [2.75, 3.05) is 14.2 Å². The molecule has 108 valence electrons. The van der Waals surface area contributed by atoms with Crippen LogP contribution in [0, 0.1) is 10.1 Å². The average molecular weight is 291 g/mol. The van der Waals surface area contributed by atoms with Crippen LogP contribution in [-0.4, -0.2) is 19.1 Å². The number of nitrogens with two attached hydrogens (primary N) is 1. The molecule has 0 aliphatic heterocycles. The van der Waals surface area contributed by atoms with Crippen molar-refractivity contribution >= 4 is 18.1 Å². The lowest BCUT2D eigenvalue weighted by Crippen LogP contribution is -2.12. The first-order chi connectivity index (χ1) is 8.54. The zero-order valence-electron chi connectivity index (χ0n) is 11.2. The average Bonchev–Trinajstić information content (AvgIpc) is 2.37. The van der Waals surface area contributed by atoms with Crippen LogP contribution in [-0.2, 0) is 0 Å². The molecule has 0 radical (unpaired) electrons. The molecule has 0 saturated carbocycles. The molecule has 1 atom stereocenters. The fourth-order valence-corrected chi connectivity index (χ4v) is 1.81. The maximum Gasteiger partial charge on any atom is 0.278 e. The SMILES string of the molecule is CCC[C@@H](N)c1cc(OC)c(OC)cc1[N+](=O)[O-].Cl. The summed E-state index contributed by atoms with van der Waals surface area (Å²) in [7, 11) is 2.92. The molecule has 1 aromatic carbocycles. The number of benzene rings is 1. The summed E-state index contributed by atoms with van der Waals surface area (Å²) in [6.07, 6.45) is 1.53. The maximum absolute atomic E-state index is 11.1. The van der Waals surface area contributed by atoms with Gasteiger partial charge in [0.05, 0.1) is 30.8 Å². The number of methoxy groups -OCH3 is 2. The minimum atomic E-state index is -0.452. The van der Waals surface area contributed by atoms with Crippen molar-refractivity contribution < 1.29 is 14.4 Å². The largest absolute Gasteiger partial charge is 0.493 e. The summed E-state index contributed by atoms with van der Waals surface area (Å²) in [5.41, 5.74) is 6.40. The number of ether oxygens (including phenoxy) is 2. The molecule has 1 rings (SSSR count). The lowest BCUT2D eigenvalue weighted by Gasteiger charge is -2.14. The predicted molar refractivity (Wildman–Crippen MR) is 75.3 cm³/mol. The summed E-state index contributed by atoms with van der Waals surface area (Å²) < 4.78 is 10.2. The Kier molecular flexibility index (Phi) is 7.18. The van der Waals surface area contributed by atoms with Crippen LogP contribution in [0.3, 0.4) is 0 Å². The second-order valence-electron chi connectivity index (χ2n) is 3.92. The minimum Gasteiger partial charge on any atom is -0.493 e. The molecule has 0 unspecified atom stereocenters. The summed E-state index contributed by atoms with van der Waals surface area (Å²) in [6, 6.07) is 2.55. The lowest BCUT2D eigenvalue weighted by molar-refractivity contribution is -0.385. The van der Waals surface area contributed by atoms with Crippen molar-refractivity contribution in [3.05, 3.63) is 27.8 Å². The number of hydrogen-bond acceptors (Lipinski definition) is 5. The van der Waals surface area contributed by atoms with Gasteiger partial charge in [-0.1, -0.05) is 13.3 Å². The second kappa shape index (κ2) is 7.81. The second-order valence-corrected chi connectivity index (χ2v) is 3.92. The number of nitro benzene ring substituents is 1. The Morgan fingerprint density at radius 2 is 1.84 bits per heavy atom. The highest BCUT2D eigenvalue weighted by molar-refractivity contribution is 5.85. The van der Waals surface area contributed by atoms with Crippen LogP contribution in [0.5, 0.6) is 11.5 Å². The molecule has 2 N–H and O–H groups in total. The third-order valence-corrected chi connectivity index (χ3v) is 2.73. The smallest absolute Gasteiger partial charge is 0.278 e. The van der Waals surface area contributed by atoms with Crippen LogP contribution >= 0.6 is 12.4 Å². The molecule has 0 aliphatic rings. The van der Waals surface area contributed by atoms with E-state index in [1.54, 1.807) is 6.07 Å². The van der Waals surface area contributed by atoms with E-state index in [1.165, 1.54) is 20.3 Å². The van der Waals surface area contributed by atoms with Crippen molar-refractivity contribution in [2.45, 2.75) is 25.8 Å². The van der Waals surface area contributed by atoms with E-state index in [2.05, 4.69) is 0 Å². The van der Waals surface area contributed by atoms with Crippen LogP contribution in [0.1, 0.15) is 31.4 Å². The fourth-order valence-electron chi connectivity index (χ4n) is 1.81. The number of hydrogen-bond donors (Lipinski definition) is 1. The van der Waals surface area contributed by atoms with Gasteiger partial charge in [-0.25, -0.2) is 0 Å². The van der Waals surface area contributed by atoms with E-state index in [-0.39, 0.29) is 24.1 Å².